The van der Waals surface area contributed by atoms with Gasteiger partial charge in [-0.05, 0) is 50.3 Å². The molecule has 1 aliphatic carbocycles. The van der Waals surface area contributed by atoms with Gasteiger partial charge in [-0.3, -0.25) is 29.4 Å². The summed E-state index contributed by atoms with van der Waals surface area (Å²) in [5.74, 6) is -1.95. The molecule has 4 amide bonds. The average Bonchev–Trinajstić information content (AvgIpc) is 3.01. The first kappa shape index (κ1) is 20.1. The summed E-state index contributed by atoms with van der Waals surface area (Å²) in [6.07, 6.45) is 3.95. The lowest BCUT2D eigenvalue weighted by Gasteiger charge is -2.46. The fourth-order valence-electron chi connectivity index (χ4n) is 5.19. The molecule has 3 fully saturated rings. The van der Waals surface area contributed by atoms with E-state index in [1.807, 2.05) is 6.07 Å². The van der Waals surface area contributed by atoms with Crippen molar-refractivity contribution in [2.45, 2.75) is 56.2 Å². The van der Waals surface area contributed by atoms with E-state index < -0.39 is 23.8 Å². The highest BCUT2D eigenvalue weighted by atomic mass is 16.5. The Morgan fingerprint density at radius 3 is 2.52 bits per heavy atom. The molecule has 4 aliphatic rings. The van der Waals surface area contributed by atoms with Crippen molar-refractivity contribution >= 4 is 29.3 Å². The lowest BCUT2D eigenvalue weighted by molar-refractivity contribution is -0.136. The first-order valence-electron chi connectivity index (χ1n) is 10.9. The van der Waals surface area contributed by atoms with E-state index in [-0.39, 0.29) is 30.4 Å². The van der Waals surface area contributed by atoms with Gasteiger partial charge in [-0.15, -0.1) is 0 Å². The predicted molar refractivity (Wildman–Crippen MR) is 110 cm³/mol. The molecular weight excluding hydrogens is 400 g/mol. The smallest absolute Gasteiger partial charge is 0.262 e. The second-order valence-electron chi connectivity index (χ2n) is 8.97. The number of ether oxygens (including phenoxy) is 1. The number of anilines is 1. The molecule has 1 atom stereocenters. The van der Waals surface area contributed by atoms with Crippen LogP contribution in [-0.2, 0) is 14.3 Å². The highest BCUT2D eigenvalue weighted by Crippen LogP contribution is 2.37. The van der Waals surface area contributed by atoms with E-state index >= 15 is 0 Å². The number of nitrogens with zero attached hydrogens (tertiary/aromatic N) is 2. The molecule has 164 valence electrons. The number of rotatable bonds is 2. The van der Waals surface area contributed by atoms with Gasteiger partial charge in [0.25, 0.3) is 11.8 Å². The summed E-state index contributed by atoms with van der Waals surface area (Å²) < 4.78 is 6.16. The third-order valence-electron chi connectivity index (χ3n) is 6.98. The Morgan fingerprint density at radius 2 is 1.77 bits per heavy atom. The Labute approximate surface area is 179 Å². The van der Waals surface area contributed by atoms with Crippen molar-refractivity contribution in [3.05, 3.63) is 29.3 Å². The molecule has 1 spiro atoms. The summed E-state index contributed by atoms with van der Waals surface area (Å²) >= 11 is 0. The first-order chi connectivity index (χ1) is 14.9. The molecule has 3 aliphatic heterocycles. The summed E-state index contributed by atoms with van der Waals surface area (Å²) in [4.78, 5) is 52.8. The summed E-state index contributed by atoms with van der Waals surface area (Å²) in [6, 6.07) is 4.54. The van der Waals surface area contributed by atoms with Crippen molar-refractivity contribution in [2.24, 2.45) is 5.73 Å². The molecule has 2 saturated heterocycles. The van der Waals surface area contributed by atoms with Crippen LogP contribution in [0.5, 0.6) is 0 Å². The van der Waals surface area contributed by atoms with E-state index in [0.717, 1.165) is 42.8 Å². The molecule has 9 heteroatoms. The van der Waals surface area contributed by atoms with Crippen molar-refractivity contribution in [1.82, 2.24) is 10.2 Å². The number of hydrogen-bond donors (Lipinski definition) is 2. The molecule has 9 nitrogen and oxygen atoms in total. The number of benzene rings is 1. The van der Waals surface area contributed by atoms with E-state index in [1.54, 1.807) is 12.1 Å². The van der Waals surface area contributed by atoms with Gasteiger partial charge in [0.1, 0.15) is 6.04 Å². The van der Waals surface area contributed by atoms with Crippen LogP contribution >= 0.6 is 0 Å². The van der Waals surface area contributed by atoms with Gasteiger partial charge in [-0.1, -0.05) is 0 Å². The standard InChI is InChI=1S/C22H26N4O5/c23-13-5-7-22(8-6-13)12-25(9-10-31-22)14-1-2-15-16(11-14)21(30)26(20(15)29)17-3-4-18(27)24-19(17)28/h1-2,11,13,17H,3-10,12,23H2,(H,24,27,28). The molecule has 3 N–H and O–H groups in total. The number of carbonyl (C=O) groups is 4. The third-order valence-corrected chi connectivity index (χ3v) is 6.98. The zero-order valence-electron chi connectivity index (χ0n) is 17.3. The minimum atomic E-state index is -0.952. The topological polar surface area (TPSA) is 122 Å². The molecule has 1 unspecified atom stereocenters. The zero-order chi connectivity index (χ0) is 21.8. The van der Waals surface area contributed by atoms with Crippen LogP contribution in [0.3, 0.4) is 0 Å². The van der Waals surface area contributed by atoms with Crippen molar-refractivity contribution in [2.75, 3.05) is 24.6 Å². The molecule has 1 aromatic carbocycles. The van der Waals surface area contributed by atoms with Crippen LogP contribution in [0.1, 0.15) is 59.2 Å². The molecule has 1 aromatic rings. The Bertz CT molecular complexity index is 969. The fourth-order valence-corrected chi connectivity index (χ4v) is 5.19. The van der Waals surface area contributed by atoms with Crippen molar-refractivity contribution in [1.29, 1.82) is 0 Å². The Hall–Kier alpha value is -2.78. The summed E-state index contributed by atoms with van der Waals surface area (Å²) in [6.45, 7) is 2.02. The minimum Gasteiger partial charge on any atom is -0.371 e. The minimum absolute atomic E-state index is 0.106. The quantitative estimate of drug-likeness (QED) is 0.663. The molecule has 1 saturated carbocycles. The number of morpholine rings is 1. The molecular formula is C22H26N4O5. The van der Waals surface area contributed by atoms with E-state index in [2.05, 4.69) is 10.2 Å². The van der Waals surface area contributed by atoms with E-state index in [4.69, 9.17) is 10.5 Å². The normalized spacial score (nSPS) is 31.3. The number of piperidine rings is 1. The average molecular weight is 426 g/mol. The number of imide groups is 2. The molecule has 0 aromatic heterocycles. The van der Waals surface area contributed by atoms with Crippen LogP contribution in [0.4, 0.5) is 5.69 Å². The van der Waals surface area contributed by atoms with Gasteiger partial charge in [-0.25, -0.2) is 0 Å². The molecule has 0 radical (unpaired) electrons. The number of carbonyl (C=O) groups excluding carboxylic acids is 4. The Kier molecular flexibility index (Phi) is 4.82. The van der Waals surface area contributed by atoms with Gasteiger partial charge in [0.2, 0.25) is 11.8 Å². The maximum absolute atomic E-state index is 13.1. The maximum atomic E-state index is 13.1. The Morgan fingerprint density at radius 1 is 1.03 bits per heavy atom. The van der Waals surface area contributed by atoms with Gasteiger partial charge in [0, 0.05) is 31.2 Å². The molecule has 31 heavy (non-hydrogen) atoms. The van der Waals surface area contributed by atoms with Crippen molar-refractivity contribution < 1.29 is 23.9 Å². The number of nitrogens with one attached hydrogen (secondary N) is 1. The summed E-state index contributed by atoms with van der Waals surface area (Å²) in [5, 5.41) is 2.22. The number of fused-ring (bicyclic) bond motifs is 1. The van der Waals surface area contributed by atoms with Crippen LogP contribution in [-0.4, -0.2) is 65.9 Å². The zero-order valence-corrected chi connectivity index (χ0v) is 17.3. The van der Waals surface area contributed by atoms with Gasteiger partial charge in [0.05, 0.1) is 23.3 Å². The number of hydrogen-bond acceptors (Lipinski definition) is 7. The van der Waals surface area contributed by atoms with E-state index in [1.165, 1.54) is 0 Å². The van der Waals surface area contributed by atoms with Gasteiger partial charge in [0.15, 0.2) is 0 Å². The predicted octanol–water partition coefficient (Wildman–Crippen LogP) is 0.564. The van der Waals surface area contributed by atoms with Crippen molar-refractivity contribution in [3.63, 3.8) is 0 Å². The lowest BCUT2D eigenvalue weighted by Crippen LogP contribution is -2.54. The second-order valence-corrected chi connectivity index (χ2v) is 8.97. The SMILES string of the molecule is NC1CCC2(CC1)CN(c1ccc3c(c1)C(=O)N(C1CCC(=O)NC1=O)C3=O)CCO2. The van der Waals surface area contributed by atoms with Gasteiger partial charge < -0.3 is 15.4 Å². The summed E-state index contributed by atoms with van der Waals surface area (Å²) in [7, 11) is 0. The van der Waals surface area contributed by atoms with E-state index in [0.29, 0.717) is 24.3 Å². The van der Waals surface area contributed by atoms with Gasteiger partial charge >= 0.3 is 0 Å². The third kappa shape index (κ3) is 3.41. The highest BCUT2D eigenvalue weighted by Gasteiger charge is 2.45. The monoisotopic (exact) mass is 426 g/mol. The van der Waals surface area contributed by atoms with Crippen molar-refractivity contribution in [3.8, 4) is 0 Å². The molecule has 3 heterocycles. The van der Waals surface area contributed by atoms with Gasteiger partial charge in [-0.2, -0.15) is 0 Å². The van der Waals surface area contributed by atoms with Crippen LogP contribution < -0.4 is 16.0 Å². The van der Waals surface area contributed by atoms with Crippen LogP contribution in [0.2, 0.25) is 0 Å². The maximum Gasteiger partial charge on any atom is 0.262 e. The number of amides is 4. The fraction of sp³-hybridized carbons (Fsp3) is 0.545. The summed E-state index contributed by atoms with van der Waals surface area (Å²) in [5.41, 5.74) is 7.31. The first-order valence-corrected chi connectivity index (χ1v) is 10.9. The van der Waals surface area contributed by atoms with E-state index in [9.17, 15) is 19.2 Å². The highest BCUT2D eigenvalue weighted by molar-refractivity contribution is 6.23. The molecule has 0 bridgehead atoms. The van der Waals surface area contributed by atoms with Crippen LogP contribution in [0.25, 0.3) is 0 Å². The molecule has 5 rings (SSSR count). The van der Waals surface area contributed by atoms with Crippen LogP contribution in [0.15, 0.2) is 18.2 Å². The lowest BCUT2D eigenvalue weighted by atomic mass is 9.81. The largest absolute Gasteiger partial charge is 0.371 e. The Balaban J connectivity index is 1.38. The number of nitrogens with two attached hydrogens (primary N) is 1. The van der Waals surface area contributed by atoms with Crippen LogP contribution in [0, 0.1) is 0 Å². The second kappa shape index (κ2) is 7.42.